The Kier molecular flexibility index (Phi) is 4.45. The first kappa shape index (κ1) is 19.4. The van der Waals surface area contributed by atoms with E-state index in [-0.39, 0.29) is 22.9 Å². The van der Waals surface area contributed by atoms with E-state index in [2.05, 4.69) is 15.0 Å². The van der Waals surface area contributed by atoms with E-state index in [0.717, 1.165) is 24.3 Å². The highest BCUT2D eigenvalue weighted by atomic mass is 19.4. The van der Waals surface area contributed by atoms with Gasteiger partial charge >= 0.3 is 6.18 Å². The molecule has 4 rings (SSSR count). The molecule has 0 aliphatic heterocycles. The molecule has 0 aliphatic rings. The van der Waals surface area contributed by atoms with Crippen molar-refractivity contribution in [2.24, 2.45) is 4.99 Å². The molecular weight excluding hydrogens is 404 g/mol. The Balaban J connectivity index is 1.87. The third-order valence-electron chi connectivity index (χ3n) is 4.36. The molecule has 11 heteroatoms. The average Bonchev–Trinajstić information content (AvgIpc) is 2.99. The molecule has 0 atom stereocenters. The molecule has 2 aromatic carbocycles. The lowest BCUT2D eigenvalue weighted by Crippen LogP contribution is -2.26. The van der Waals surface area contributed by atoms with Gasteiger partial charge in [0, 0.05) is 12.1 Å². The molecular formula is C19H14F4N6O. The van der Waals surface area contributed by atoms with Crippen molar-refractivity contribution in [1.29, 1.82) is 0 Å². The second kappa shape index (κ2) is 6.87. The van der Waals surface area contributed by atoms with E-state index >= 15 is 0 Å². The number of hydrogen-bond donors (Lipinski definition) is 2. The van der Waals surface area contributed by atoms with Gasteiger partial charge < -0.3 is 10.9 Å². The minimum absolute atomic E-state index is 0.117. The molecule has 3 N–H and O–H groups in total. The van der Waals surface area contributed by atoms with Gasteiger partial charge in [0.05, 0.1) is 22.3 Å². The number of hydrogen-bond acceptors (Lipinski definition) is 5. The van der Waals surface area contributed by atoms with Crippen LogP contribution in [0, 0.1) is 12.7 Å². The smallest absolute Gasteiger partial charge is 0.416 e. The van der Waals surface area contributed by atoms with Gasteiger partial charge in [-0.25, -0.2) is 14.4 Å². The number of benzene rings is 2. The van der Waals surface area contributed by atoms with E-state index in [0.29, 0.717) is 21.6 Å². The number of alkyl halides is 3. The zero-order valence-corrected chi connectivity index (χ0v) is 15.4. The summed E-state index contributed by atoms with van der Waals surface area (Å²) in [6.07, 6.45) is -4.47. The maximum Gasteiger partial charge on any atom is 0.416 e. The van der Waals surface area contributed by atoms with Crippen LogP contribution in [0.3, 0.4) is 0 Å². The molecule has 2 aromatic heterocycles. The first-order chi connectivity index (χ1) is 14.1. The topological polar surface area (TPSA) is 94.2 Å². The normalized spacial score (nSPS) is 12.6. The van der Waals surface area contributed by atoms with Gasteiger partial charge in [-0.2, -0.15) is 18.2 Å². The molecule has 4 aromatic rings. The SMILES string of the molecule is Cc1nc2cc(F)ccc2n1-c1cc(N)n(O)c(=Nc2ccc(C(F)(F)F)cc2)n1. The Hall–Kier alpha value is -3.89. The minimum atomic E-state index is -4.47. The molecule has 2 heterocycles. The summed E-state index contributed by atoms with van der Waals surface area (Å²) >= 11 is 0. The van der Waals surface area contributed by atoms with E-state index < -0.39 is 17.6 Å². The Bertz CT molecular complexity index is 1320. The summed E-state index contributed by atoms with van der Waals surface area (Å²) in [6, 6.07) is 9.46. The van der Waals surface area contributed by atoms with E-state index in [4.69, 9.17) is 5.73 Å². The van der Waals surface area contributed by atoms with Gasteiger partial charge in [-0.15, -0.1) is 4.73 Å². The fraction of sp³-hybridized carbons (Fsp3) is 0.105. The molecule has 0 radical (unpaired) electrons. The van der Waals surface area contributed by atoms with Crippen LogP contribution in [0.4, 0.5) is 29.1 Å². The summed E-state index contributed by atoms with van der Waals surface area (Å²) in [4.78, 5) is 12.6. The van der Waals surface area contributed by atoms with Crippen LogP contribution in [0.2, 0.25) is 0 Å². The van der Waals surface area contributed by atoms with Crippen LogP contribution in [0.25, 0.3) is 16.9 Å². The van der Waals surface area contributed by atoms with Gasteiger partial charge in [0.25, 0.3) is 5.62 Å². The second-order valence-corrected chi connectivity index (χ2v) is 6.43. The Labute approximate surface area is 166 Å². The number of anilines is 1. The fourth-order valence-corrected chi connectivity index (χ4v) is 2.98. The molecule has 30 heavy (non-hydrogen) atoms. The maximum atomic E-state index is 13.5. The third-order valence-corrected chi connectivity index (χ3v) is 4.36. The predicted molar refractivity (Wildman–Crippen MR) is 99.8 cm³/mol. The predicted octanol–water partition coefficient (Wildman–Crippen LogP) is 3.74. The van der Waals surface area contributed by atoms with Gasteiger partial charge in [0.15, 0.2) is 0 Å². The van der Waals surface area contributed by atoms with Gasteiger partial charge in [0.2, 0.25) is 0 Å². The van der Waals surface area contributed by atoms with Crippen molar-refractivity contribution in [2.75, 3.05) is 5.73 Å². The van der Waals surface area contributed by atoms with Crippen LogP contribution in [0.5, 0.6) is 0 Å². The molecule has 0 aliphatic carbocycles. The Morgan fingerprint density at radius 3 is 2.40 bits per heavy atom. The van der Waals surface area contributed by atoms with Crippen LogP contribution in [0.1, 0.15) is 11.4 Å². The lowest BCUT2D eigenvalue weighted by atomic mass is 10.2. The lowest BCUT2D eigenvalue weighted by Gasteiger charge is -2.10. The fourth-order valence-electron chi connectivity index (χ4n) is 2.98. The lowest BCUT2D eigenvalue weighted by molar-refractivity contribution is -0.137. The van der Waals surface area contributed by atoms with Crippen molar-refractivity contribution >= 4 is 22.5 Å². The van der Waals surface area contributed by atoms with Crippen LogP contribution >= 0.6 is 0 Å². The molecule has 0 saturated heterocycles. The number of aryl methyl sites for hydroxylation is 1. The number of nitrogens with two attached hydrogens (primary N) is 1. The largest absolute Gasteiger partial charge is 0.423 e. The van der Waals surface area contributed by atoms with Gasteiger partial charge in [-0.1, -0.05) is 0 Å². The molecule has 154 valence electrons. The monoisotopic (exact) mass is 418 g/mol. The quantitative estimate of drug-likeness (QED) is 0.383. The average molecular weight is 418 g/mol. The number of imidazole rings is 1. The zero-order valence-electron chi connectivity index (χ0n) is 15.4. The number of rotatable bonds is 2. The highest BCUT2D eigenvalue weighted by Gasteiger charge is 2.29. The van der Waals surface area contributed by atoms with Gasteiger partial charge in [-0.3, -0.25) is 4.57 Å². The summed E-state index contributed by atoms with van der Waals surface area (Å²) in [5.41, 5.74) is 5.85. The third kappa shape index (κ3) is 3.45. The highest BCUT2D eigenvalue weighted by Crippen LogP contribution is 2.30. The van der Waals surface area contributed by atoms with E-state index in [1.165, 1.54) is 24.3 Å². The summed E-state index contributed by atoms with van der Waals surface area (Å²) in [5, 5.41) is 10.2. The van der Waals surface area contributed by atoms with E-state index in [1.54, 1.807) is 11.5 Å². The van der Waals surface area contributed by atoms with E-state index in [1.807, 2.05) is 0 Å². The van der Waals surface area contributed by atoms with Crippen LogP contribution in [-0.2, 0) is 6.18 Å². The summed E-state index contributed by atoms with van der Waals surface area (Å²) in [5.74, 6) is 0.168. The zero-order chi connectivity index (χ0) is 21.6. The molecule has 0 unspecified atom stereocenters. The maximum absolute atomic E-state index is 13.5. The van der Waals surface area contributed by atoms with Crippen molar-refractivity contribution in [3.8, 4) is 5.82 Å². The minimum Gasteiger partial charge on any atom is -0.423 e. The van der Waals surface area contributed by atoms with Crippen molar-refractivity contribution < 1.29 is 22.8 Å². The summed E-state index contributed by atoms with van der Waals surface area (Å²) in [7, 11) is 0. The number of halogens is 4. The number of nitrogen functional groups attached to an aromatic ring is 1. The standard InChI is InChI=1S/C19H14F4N6O/c1-10-25-14-8-12(20)4-7-15(14)28(10)17-9-16(24)29(30)18(27-17)26-13-5-2-11(3-6-13)19(21,22)23/h2-9,30H,24H2,1H3. The summed E-state index contributed by atoms with van der Waals surface area (Å²) < 4.78 is 53.8. The van der Waals surface area contributed by atoms with Crippen LogP contribution in [0.15, 0.2) is 53.5 Å². The second-order valence-electron chi connectivity index (χ2n) is 6.43. The Morgan fingerprint density at radius 2 is 1.73 bits per heavy atom. The molecule has 0 bridgehead atoms. The molecule has 0 saturated carbocycles. The number of fused-ring (bicyclic) bond motifs is 1. The van der Waals surface area contributed by atoms with Crippen molar-refractivity contribution in [3.05, 3.63) is 71.4 Å². The highest BCUT2D eigenvalue weighted by molar-refractivity contribution is 5.78. The van der Waals surface area contributed by atoms with Crippen LogP contribution in [-0.4, -0.2) is 24.5 Å². The first-order valence-electron chi connectivity index (χ1n) is 8.59. The molecule has 0 amide bonds. The first-order valence-corrected chi connectivity index (χ1v) is 8.59. The van der Waals surface area contributed by atoms with Crippen molar-refractivity contribution in [1.82, 2.24) is 19.3 Å². The van der Waals surface area contributed by atoms with Crippen molar-refractivity contribution in [3.63, 3.8) is 0 Å². The molecule has 7 nitrogen and oxygen atoms in total. The van der Waals surface area contributed by atoms with Gasteiger partial charge in [-0.05, 0) is 43.3 Å². The number of aromatic nitrogens is 4. The molecule has 0 fully saturated rings. The van der Waals surface area contributed by atoms with Crippen molar-refractivity contribution in [2.45, 2.75) is 13.1 Å². The Morgan fingerprint density at radius 1 is 1.03 bits per heavy atom. The van der Waals surface area contributed by atoms with E-state index in [9.17, 15) is 22.8 Å². The number of nitrogens with zero attached hydrogens (tertiary/aromatic N) is 5. The van der Waals surface area contributed by atoms with Crippen LogP contribution < -0.4 is 11.4 Å². The summed E-state index contributed by atoms with van der Waals surface area (Å²) in [6.45, 7) is 1.68. The molecule has 0 spiro atoms. The van der Waals surface area contributed by atoms with Gasteiger partial charge in [0.1, 0.15) is 23.3 Å².